The first-order valence-electron chi connectivity index (χ1n) is 10.9. The van der Waals surface area contributed by atoms with Crippen LogP contribution in [0.3, 0.4) is 0 Å². The lowest BCUT2D eigenvalue weighted by Gasteiger charge is -2.13. The van der Waals surface area contributed by atoms with Crippen LogP contribution in [-0.2, 0) is 13.5 Å². The van der Waals surface area contributed by atoms with Crippen molar-refractivity contribution >= 4 is 32.8 Å². The molecule has 0 atom stereocenters. The first-order valence-corrected chi connectivity index (χ1v) is 10.9. The Morgan fingerprint density at radius 1 is 0.935 bits per heavy atom. The van der Waals surface area contributed by atoms with E-state index in [0.29, 0.717) is 11.5 Å². The molecule has 0 radical (unpaired) electrons. The topological polar surface area (TPSA) is 17.0 Å². The molecule has 2 heterocycles. The zero-order chi connectivity index (χ0) is 21.9. The Labute approximate surface area is 181 Å². The van der Waals surface area contributed by atoms with Crippen molar-refractivity contribution in [2.75, 3.05) is 0 Å². The summed E-state index contributed by atoms with van der Waals surface area (Å²) in [6.45, 7) is 8.79. The maximum Gasteiger partial charge on any atom is 0.217 e. The fourth-order valence-corrected chi connectivity index (χ4v) is 4.78. The third-order valence-electron chi connectivity index (χ3n) is 6.41. The van der Waals surface area contributed by atoms with Crippen LogP contribution >= 0.6 is 0 Å². The summed E-state index contributed by atoms with van der Waals surface area (Å²) in [5, 5.41) is 3.27. The minimum absolute atomic E-state index is 0.281. The van der Waals surface area contributed by atoms with Gasteiger partial charge in [0.05, 0.1) is 5.56 Å². The molecule has 0 aliphatic heterocycles. The van der Waals surface area contributed by atoms with E-state index >= 15 is 0 Å². The fourth-order valence-electron chi connectivity index (χ4n) is 4.78. The molecule has 31 heavy (non-hydrogen) atoms. The Bertz CT molecular complexity index is 1480. The molecule has 0 N–H and O–H groups in total. The van der Waals surface area contributed by atoms with Gasteiger partial charge < -0.3 is 4.42 Å². The number of nitrogens with zero attached hydrogens (tertiary/aromatic N) is 1. The molecule has 0 unspecified atom stereocenters. The summed E-state index contributed by atoms with van der Waals surface area (Å²) >= 11 is 0. The standard InChI is InChI=1S/C28H27FNO/c1-16(2)12-19-14-25(30(5)24-9-7-6-8-21(19)24)27-18(4)17(3)13-23-22-11-10-20(29)15-26(22)31-28(23)27/h6-11,13-16H,12H2,1-5H3/q+1. The van der Waals surface area contributed by atoms with Gasteiger partial charge in [-0.05, 0) is 67.1 Å². The molecular formula is C28H27FNO+. The average Bonchev–Trinajstić information content (AvgIpc) is 3.08. The summed E-state index contributed by atoms with van der Waals surface area (Å²) in [6, 6.07) is 17.9. The quantitative estimate of drug-likeness (QED) is 0.287. The number of aryl methyl sites for hydroxylation is 2. The van der Waals surface area contributed by atoms with E-state index < -0.39 is 0 Å². The lowest BCUT2D eigenvalue weighted by molar-refractivity contribution is -0.633. The van der Waals surface area contributed by atoms with E-state index in [4.69, 9.17) is 4.42 Å². The van der Waals surface area contributed by atoms with Crippen LogP contribution in [0.2, 0.25) is 0 Å². The maximum atomic E-state index is 13.9. The van der Waals surface area contributed by atoms with Gasteiger partial charge in [-0.25, -0.2) is 4.39 Å². The highest BCUT2D eigenvalue weighted by Gasteiger charge is 2.25. The SMILES string of the molecule is Cc1cc2c(oc3cc(F)ccc32)c(-c2cc(CC(C)C)c3ccccc3[n+]2C)c1C. The molecule has 3 aromatic carbocycles. The van der Waals surface area contributed by atoms with E-state index in [-0.39, 0.29) is 5.82 Å². The summed E-state index contributed by atoms with van der Waals surface area (Å²) in [5.41, 5.74) is 8.56. The predicted octanol–water partition coefficient (Wildman–Crippen LogP) is 7.19. The van der Waals surface area contributed by atoms with Crippen molar-refractivity contribution in [3.63, 3.8) is 0 Å². The van der Waals surface area contributed by atoms with Crippen molar-refractivity contribution in [3.05, 3.63) is 77.1 Å². The predicted molar refractivity (Wildman–Crippen MR) is 126 cm³/mol. The molecule has 0 bridgehead atoms. The van der Waals surface area contributed by atoms with Crippen molar-refractivity contribution in [2.45, 2.75) is 34.1 Å². The number of hydrogen-bond donors (Lipinski definition) is 0. The Morgan fingerprint density at radius 2 is 1.71 bits per heavy atom. The molecule has 156 valence electrons. The van der Waals surface area contributed by atoms with Crippen molar-refractivity contribution in [3.8, 4) is 11.3 Å². The largest absolute Gasteiger partial charge is 0.455 e. The van der Waals surface area contributed by atoms with Crippen LogP contribution in [0.1, 0.15) is 30.5 Å². The summed E-state index contributed by atoms with van der Waals surface area (Å²) in [6.07, 6.45) is 1.01. The second kappa shape index (κ2) is 7.19. The Hall–Kier alpha value is -3.20. The molecule has 5 rings (SSSR count). The van der Waals surface area contributed by atoms with E-state index in [9.17, 15) is 4.39 Å². The van der Waals surface area contributed by atoms with Gasteiger partial charge in [-0.3, -0.25) is 0 Å². The molecule has 0 saturated carbocycles. The van der Waals surface area contributed by atoms with Crippen LogP contribution in [0.4, 0.5) is 4.39 Å². The number of benzene rings is 3. The highest BCUT2D eigenvalue weighted by atomic mass is 19.1. The van der Waals surface area contributed by atoms with E-state index in [0.717, 1.165) is 34.0 Å². The first kappa shape index (κ1) is 19.7. The highest BCUT2D eigenvalue weighted by Crippen LogP contribution is 2.39. The summed E-state index contributed by atoms with van der Waals surface area (Å²) < 4.78 is 22.4. The number of fused-ring (bicyclic) bond motifs is 4. The summed E-state index contributed by atoms with van der Waals surface area (Å²) in [7, 11) is 2.12. The van der Waals surface area contributed by atoms with Gasteiger partial charge in [-0.2, -0.15) is 4.57 Å². The van der Waals surface area contributed by atoms with Crippen LogP contribution < -0.4 is 4.57 Å². The average molecular weight is 413 g/mol. The zero-order valence-electron chi connectivity index (χ0n) is 18.7. The van der Waals surface area contributed by atoms with E-state index in [2.05, 4.69) is 75.7 Å². The zero-order valence-corrected chi connectivity index (χ0v) is 18.7. The monoisotopic (exact) mass is 412 g/mol. The molecule has 5 aromatic rings. The van der Waals surface area contributed by atoms with Crippen LogP contribution in [-0.4, -0.2) is 0 Å². The van der Waals surface area contributed by atoms with Gasteiger partial charge >= 0.3 is 0 Å². The lowest BCUT2D eigenvalue weighted by Crippen LogP contribution is -2.33. The second-order valence-electron chi connectivity index (χ2n) is 9.04. The van der Waals surface area contributed by atoms with Gasteiger partial charge in [0.2, 0.25) is 11.2 Å². The molecule has 0 aliphatic carbocycles. The molecule has 0 aliphatic rings. The number of furan rings is 1. The molecule has 0 spiro atoms. The van der Waals surface area contributed by atoms with E-state index in [1.165, 1.54) is 39.7 Å². The molecule has 0 saturated heterocycles. The second-order valence-corrected chi connectivity index (χ2v) is 9.04. The lowest BCUT2D eigenvalue weighted by atomic mass is 9.92. The van der Waals surface area contributed by atoms with Crippen LogP contribution in [0, 0.1) is 25.6 Å². The fraction of sp³-hybridized carbons (Fsp3) is 0.250. The third kappa shape index (κ3) is 3.11. The van der Waals surface area contributed by atoms with Crippen LogP contribution in [0.25, 0.3) is 44.1 Å². The molecule has 2 aromatic heterocycles. The third-order valence-corrected chi connectivity index (χ3v) is 6.41. The number of aromatic nitrogens is 1. The number of pyridine rings is 1. The first-order chi connectivity index (χ1) is 14.8. The van der Waals surface area contributed by atoms with E-state index in [1.807, 2.05) is 6.07 Å². The number of halogens is 1. The van der Waals surface area contributed by atoms with Crippen molar-refractivity contribution in [1.82, 2.24) is 0 Å². The normalized spacial score (nSPS) is 12.0. The molecule has 2 nitrogen and oxygen atoms in total. The summed E-state index contributed by atoms with van der Waals surface area (Å²) in [5.74, 6) is 0.272. The van der Waals surface area contributed by atoms with Crippen LogP contribution in [0.15, 0.2) is 59.0 Å². The smallest absolute Gasteiger partial charge is 0.217 e. The maximum absolute atomic E-state index is 13.9. The minimum Gasteiger partial charge on any atom is -0.455 e. The molecule has 0 fully saturated rings. The van der Waals surface area contributed by atoms with Crippen LogP contribution in [0.5, 0.6) is 0 Å². The number of hydrogen-bond acceptors (Lipinski definition) is 1. The minimum atomic E-state index is -0.281. The number of rotatable bonds is 3. The van der Waals surface area contributed by atoms with Gasteiger partial charge in [0.15, 0.2) is 0 Å². The summed E-state index contributed by atoms with van der Waals surface area (Å²) in [4.78, 5) is 0. The van der Waals surface area contributed by atoms with Gasteiger partial charge in [-0.15, -0.1) is 0 Å². The van der Waals surface area contributed by atoms with Crippen molar-refractivity contribution in [2.24, 2.45) is 13.0 Å². The van der Waals surface area contributed by atoms with Gasteiger partial charge in [0.1, 0.15) is 24.0 Å². The van der Waals surface area contributed by atoms with Crippen molar-refractivity contribution < 1.29 is 13.4 Å². The Morgan fingerprint density at radius 3 is 2.48 bits per heavy atom. The highest BCUT2D eigenvalue weighted by molar-refractivity contribution is 6.10. The van der Waals surface area contributed by atoms with Gasteiger partial charge in [-0.1, -0.05) is 26.0 Å². The molecule has 0 amide bonds. The van der Waals surface area contributed by atoms with Crippen molar-refractivity contribution in [1.29, 1.82) is 0 Å². The van der Waals surface area contributed by atoms with Gasteiger partial charge in [0.25, 0.3) is 0 Å². The van der Waals surface area contributed by atoms with E-state index in [1.54, 1.807) is 0 Å². The van der Waals surface area contributed by atoms with Gasteiger partial charge in [0, 0.05) is 34.4 Å². The molecular weight excluding hydrogens is 385 g/mol. The number of para-hydroxylation sites is 1. The molecule has 3 heteroatoms. The Kier molecular flexibility index (Phi) is 4.58. The Balaban J connectivity index is 1.92.